The highest BCUT2D eigenvalue weighted by Gasteiger charge is 2.18. The van der Waals surface area contributed by atoms with E-state index in [1.54, 1.807) is 41.9 Å². The molecule has 3 aromatic rings. The van der Waals surface area contributed by atoms with Crippen molar-refractivity contribution in [3.05, 3.63) is 70.7 Å². The SMILES string of the molecule is O=C(Nc1cccc(S(=O)(=O)NC2=NCCCCC2)c1)c1ccc(OCc2cscn2)cc1. The third kappa shape index (κ3) is 6.39. The third-order valence-corrected chi connectivity index (χ3v) is 7.03. The molecule has 33 heavy (non-hydrogen) atoms. The predicted octanol–water partition coefficient (Wildman–Crippen LogP) is 4.23. The number of carbonyl (C=O) groups is 1. The van der Waals surface area contributed by atoms with Crippen molar-refractivity contribution in [2.24, 2.45) is 4.99 Å². The number of anilines is 1. The van der Waals surface area contributed by atoms with Crippen molar-refractivity contribution in [2.75, 3.05) is 11.9 Å². The van der Waals surface area contributed by atoms with Gasteiger partial charge >= 0.3 is 0 Å². The number of aromatic nitrogens is 1. The fourth-order valence-electron chi connectivity index (χ4n) is 3.28. The largest absolute Gasteiger partial charge is 0.487 e. The van der Waals surface area contributed by atoms with E-state index in [2.05, 4.69) is 20.0 Å². The molecule has 0 saturated carbocycles. The molecule has 0 atom stereocenters. The molecule has 1 aliphatic rings. The average molecular weight is 485 g/mol. The van der Waals surface area contributed by atoms with Crippen LogP contribution in [0.15, 0.2) is 69.3 Å². The summed E-state index contributed by atoms with van der Waals surface area (Å²) in [5.41, 5.74) is 3.40. The first-order valence-electron chi connectivity index (χ1n) is 10.6. The summed E-state index contributed by atoms with van der Waals surface area (Å²) in [6.45, 7) is 0.986. The van der Waals surface area contributed by atoms with Crippen LogP contribution in [0.5, 0.6) is 5.75 Å². The number of ether oxygens (including phenoxy) is 1. The minimum Gasteiger partial charge on any atom is -0.487 e. The Balaban J connectivity index is 1.39. The van der Waals surface area contributed by atoms with Crippen LogP contribution in [0.25, 0.3) is 0 Å². The number of aliphatic imine (C=N–C) groups is 1. The van der Waals surface area contributed by atoms with Gasteiger partial charge in [0.05, 0.1) is 16.1 Å². The summed E-state index contributed by atoms with van der Waals surface area (Å²) in [6.07, 6.45) is 3.52. The summed E-state index contributed by atoms with van der Waals surface area (Å²) >= 11 is 1.50. The molecule has 1 aliphatic heterocycles. The van der Waals surface area contributed by atoms with E-state index in [-0.39, 0.29) is 10.8 Å². The maximum Gasteiger partial charge on any atom is 0.262 e. The number of sulfonamides is 1. The molecule has 10 heteroatoms. The van der Waals surface area contributed by atoms with E-state index in [1.165, 1.54) is 23.5 Å². The van der Waals surface area contributed by atoms with Crippen LogP contribution in [-0.2, 0) is 16.6 Å². The van der Waals surface area contributed by atoms with E-state index in [1.807, 2.05) is 5.38 Å². The van der Waals surface area contributed by atoms with Crippen molar-refractivity contribution in [2.45, 2.75) is 37.2 Å². The molecule has 2 aromatic carbocycles. The Morgan fingerprint density at radius 3 is 2.73 bits per heavy atom. The molecule has 1 aromatic heterocycles. The zero-order valence-corrected chi connectivity index (χ0v) is 19.5. The Bertz CT molecular complexity index is 1220. The fraction of sp³-hybridized carbons (Fsp3) is 0.261. The van der Waals surface area contributed by atoms with Gasteiger partial charge in [-0.15, -0.1) is 11.3 Å². The number of benzene rings is 2. The highest BCUT2D eigenvalue weighted by molar-refractivity contribution is 7.90. The molecule has 0 fully saturated rings. The summed E-state index contributed by atoms with van der Waals surface area (Å²) < 4.78 is 33.8. The van der Waals surface area contributed by atoms with E-state index >= 15 is 0 Å². The van der Waals surface area contributed by atoms with Gasteiger partial charge < -0.3 is 10.1 Å². The first-order chi connectivity index (χ1) is 16.0. The van der Waals surface area contributed by atoms with Gasteiger partial charge in [-0.3, -0.25) is 14.5 Å². The summed E-state index contributed by atoms with van der Waals surface area (Å²) in [5, 5.41) is 4.66. The van der Waals surface area contributed by atoms with Gasteiger partial charge in [0.2, 0.25) is 0 Å². The molecule has 0 radical (unpaired) electrons. The zero-order chi connectivity index (χ0) is 23.1. The zero-order valence-electron chi connectivity index (χ0n) is 17.9. The van der Waals surface area contributed by atoms with E-state index in [9.17, 15) is 13.2 Å². The lowest BCUT2D eigenvalue weighted by molar-refractivity contribution is 0.102. The van der Waals surface area contributed by atoms with Crippen LogP contribution in [0.3, 0.4) is 0 Å². The van der Waals surface area contributed by atoms with Gasteiger partial charge in [-0.25, -0.2) is 13.4 Å². The van der Waals surface area contributed by atoms with Crippen molar-refractivity contribution >= 4 is 38.8 Å². The van der Waals surface area contributed by atoms with Crippen LogP contribution in [-0.4, -0.2) is 31.7 Å². The van der Waals surface area contributed by atoms with E-state index in [4.69, 9.17) is 4.74 Å². The lowest BCUT2D eigenvalue weighted by Crippen LogP contribution is -2.30. The van der Waals surface area contributed by atoms with Crippen LogP contribution in [0.1, 0.15) is 41.7 Å². The van der Waals surface area contributed by atoms with Gasteiger partial charge in [0.25, 0.3) is 15.9 Å². The first kappa shape index (κ1) is 22.9. The fourth-order valence-corrected chi connectivity index (χ4v) is 4.96. The average Bonchev–Trinajstić information content (AvgIpc) is 3.21. The number of nitrogens with zero attached hydrogens (tertiary/aromatic N) is 2. The molecular weight excluding hydrogens is 460 g/mol. The molecule has 2 heterocycles. The lowest BCUT2D eigenvalue weighted by Gasteiger charge is -2.11. The second kappa shape index (κ2) is 10.6. The number of nitrogens with one attached hydrogen (secondary N) is 2. The van der Waals surface area contributed by atoms with Crippen LogP contribution >= 0.6 is 11.3 Å². The Hall–Kier alpha value is -3.24. The number of thiazole rings is 1. The van der Waals surface area contributed by atoms with E-state index < -0.39 is 10.0 Å². The molecule has 2 N–H and O–H groups in total. The number of amides is 1. The van der Waals surface area contributed by atoms with Crippen LogP contribution in [0, 0.1) is 0 Å². The molecule has 0 saturated heterocycles. The van der Waals surface area contributed by atoms with Crippen molar-refractivity contribution < 1.29 is 17.9 Å². The van der Waals surface area contributed by atoms with Crippen molar-refractivity contribution in [3.8, 4) is 5.75 Å². The molecule has 4 rings (SSSR count). The Labute approximate surface area is 196 Å². The molecule has 0 aliphatic carbocycles. The van der Waals surface area contributed by atoms with Gasteiger partial charge in [-0.2, -0.15) is 0 Å². The molecule has 0 bridgehead atoms. The minimum atomic E-state index is -3.78. The number of hydrogen-bond acceptors (Lipinski definition) is 7. The van der Waals surface area contributed by atoms with Gasteiger partial charge in [-0.1, -0.05) is 12.5 Å². The first-order valence-corrected chi connectivity index (χ1v) is 13.0. The summed E-state index contributed by atoms with van der Waals surface area (Å²) in [7, 11) is -3.78. The quantitative estimate of drug-likeness (QED) is 0.522. The van der Waals surface area contributed by atoms with Gasteiger partial charge in [0, 0.05) is 29.6 Å². The smallest absolute Gasteiger partial charge is 0.262 e. The third-order valence-electron chi connectivity index (χ3n) is 5.02. The van der Waals surface area contributed by atoms with Gasteiger partial charge in [0.15, 0.2) is 0 Å². The Kier molecular flexibility index (Phi) is 7.36. The van der Waals surface area contributed by atoms with Crippen molar-refractivity contribution in [3.63, 3.8) is 0 Å². The van der Waals surface area contributed by atoms with Crippen LogP contribution in [0.2, 0.25) is 0 Å². The molecule has 1 amide bonds. The van der Waals surface area contributed by atoms with E-state index in [0.717, 1.165) is 25.0 Å². The lowest BCUT2D eigenvalue weighted by atomic mass is 10.2. The predicted molar refractivity (Wildman–Crippen MR) is 128 cm³/mol. The van der Waals surface area contributed by atoms with E-state index in [0.29, 0.717) is 42.4 Å². The topological polar surface area (TPSA) is 110 Å². The van der Waals surface area contributed by atoms with Gasteiger partial charge in [0.1, 0.15) is 18.2 Å². The molecule has 172 valence electrons. The maximum atomic E-state index is 12.8. The van der Waals surface area contributed by atoms with Gasteiger partial charge in [-0.05, 0) is 55.3 Å². The summed E-state index contributed by atoms with van der Waals surface area (Å²) in [5.74, 6) is 0.760. The second-order valence-corrected chi connectivity index (χ2v) is 9.92. The highest BCUT2D eigenvalue weighted by atomic mass is 32.2. The Morgan fingerprint density at radius 1 is 1.09 bits per heavy atom. The summed E-state index contributed by atoms with van der Waals surface area (Å²) in [6, 6.07) is 12.9. The van der Waals surface area contributed by atoms with Crippen molar-refractivity contribution in [1.29, 1.82) is 0 Å². The second-order valence-electron chi connectivity index (χ2n) is 7.52. The molecule has 0 spiro atoms. The monoisotopic (exact) mass is 484 g/mol. The number of hydrogen-bond donors (Lipinski definition) is 2. The Morgan fingerprint density at radius 2 is 1.94 bits per heavy atom. The molecule has 8 nitrogen and oxygen atoms in total. The highest BCUT2D eigenvalue weighted by Crippen LogP contribution is 2.19. The van der Waals surface area contributed by atoms with Crippen LogP contribution < -0.4 is 14.8 Å². The minimum absolute atomic E-state index is 0.0676. The summed E-state index contributed by atoms with van der Waals surface area (Å²) in [4.78, 5) is 21.2. The number of rotatable bonds is 7. The van der Waals surface area contributed by atoms with Crippen molar-refractivity contribution in [1.82, 2.24) is 9.71 Å². The maximum absolute atomic E-state index is 12.8. The number of carbonyl (C=O) groups excluding carboxylic acids is 1. The van der Waals surface area contributed by atoms with Crippen LogP contribution in [0.4, 0.5) is 5.69 Å². The normalized spacial score (nSPS) is 14.1. The standard InChI is InChI=1S/C23H24N4O4S2/c28-23(17-8-10-20(11-9-17)31-14-19-15-32-16-25-19)26-18-5-4-6-21(13-18)33(29,30)27-22-7-2-1-3-12-24-22/h4-6,8-11,13,15-16H,1-3,7,12,14H2,(H,24,27)(H,26,28). The number of amidine groups is 1. The molecule has 0 unspecified atom stereocenters. The molecular formula is C23H24N4O4S2.